The van der Waals surface area contributed by atoms with Crippen LogP contribution in [0.5, 0.6) is 0 Å². The number of aliphatic hydroxyl groups is 21. The van der Waals surface area contributed by atoms with Crippen molar-refractivity contribution in [1.29, 1.82) is 0 Å². The van der Waals surface area contributed by atoms with Gasteiger partial charge in [-0.25, -0.2) is 0 Å². The van der Waals surface area contributed by atoms with Gasteiger partial charge in [-0.3, -0.25) is 14.4 Å². The number of thioether (sulfide) groups is 2. The molecule has 17 unspecified atom stereocenters. The van der Waals surface area contributed by atoms with Crippen LogP contribution in [-0.4, -0.2) is 447 Å². The van der Waals surface area contributed by atoms with Gasteiger partial charge in [0.05, 0.1) is 83.6 Å². The van der Waals surface area contributed by atoms with Crippen LogP contribution in [0, 0.1) is 5.92 Å². The Balaban J connectivity index is 1.08. The van der Waals surface area contributed by atoms with Crippen LogP contribution in [0.25, 0.3) is 0 Å². The highest BCUT2D eigenvalue weighted by Crippen LogP contribution is 2.40. The van der Waals surface area contributed by atoms with E-state index in [1.54, 1.807) is 0 Å². The Bertz CT molecular complexity index is 2560. The normalized spacial score (nSPS) is 45.0. The summed E-state index contributed by atoms with van der Waals surface area (Å²) in [6.07, 6.45) is -74.7. The molecule has 44 heteroatoms. The summed E-state index contributed by atoms with van der Waals surface area (Å²) in [7, 11) is 1.41. The van der Waals surface area contributed by atoms with E-state index in [0.717, 1.165) is 23.5 Å². The number of carbonyl (C=O) groups excluding carboxylic acids is 2. The molecule has 103 heavy (non-hydrogen) atoms. The Morgan fingerprint density at radius 3 is 0.864 bits per heavy atom. The molecule has 0 radical (unpaired) electrons. The van der Waals surface area contributed by atoms with E-state index in [9.17, 15) is 127 Å². The molecule has 21 rings (SSSR count). The van der Waals surface area contributed by atoms with E-state index in [2.05, 4.69) is 5.32 Å². The van der Waals surface area contributed by atoms with Gasteiger partial charge in [-0.15, -0.1) is 0 Å². The Morgan fingerprint density at radius 2 is 0.621 bits per heavy atom. The molecule has 0 aromatic heterocycles. The van der Waals surface area contributed by atoms with Crippen molar-refractivity contribution in [3.63, 3.8) is 0 Å². The lowest BCUT2D eigenvalue weighted by Gasteiger charge is -2.50. The highest BCUT2D eigenvalue weighted by Gasteiger charge is 2.60. The molecule has 0 aromatic rings. The van der Waals surface area contributed by atoms with E-state index >= 15 is 0 Å². The molecule has 21 aliphatic rings. The summed E-state index contributed by atoms with van der Waals surface area (Å²) in [5.41, 5.74) is 0. The smallest absolute Gasteiger partial charge is 0.307 e. The average Bonchev–Trinajstić information content (AvgIpc) is 0.785. The fraction of sp³-hybridized carbons (Fsp3) is 0.949. The number of likely N-dealkylation sites (N-methyl/N-ethyl adjacent to an activating group) is 1. The standard InChI is InChI=1S/C59H99NO41S2/c1-19(66)3-5-86-7-8-87-6-4-21(67)9-20(51(82)83)15-102-17-28-49-35(73)42(80)58(93-28)98-47-26(13-64)89-55(38(76)31(47)69)97-46-25(12-63)92-57(41(79)34(46)72)101-50-29(18-103-16-22(60-2)52(84)85)94-59(43(81)36(50)74)99-48-27(14-65)90-54(39(77)32(48)70)95-44-23(10-61)88-53(37(75)30(44)68)96-45-24(11-62)91-56(100-49)40(78)33(45)71/h20,22-50,52-65,68-81,84-85H,3-18H2,1-2H3,(H,82,83)/t20?,22?,23?,24?,25?,26?,27?,28?,29?,30-,31-,32-,33-,34-,35-,36-,37-,38?,39-,40?,41?,42?,43?,44+,45+,46+,47+,48+,49+,50+,53?,54?,55+,56+,57+,58+,59?/m1/s1. The minimum Gasteiger partial charge on any atom is -0.481 e. The Kier molecular flexibility index (Phi) is 33.8. The van der Waals surface area contributed by atoms with Crippen molar-refractivity contribution in [2.45, 2.75) is 253 Å². The first kappa shape index (κ1) is 86.6. The minimum atomic E-state index is -2.31. The van der Waals surface area contributed by atoms with Gasteiger partial charge in [0.25, 0.3) is 0 Å². The van der Waals surface area contributed by atoms with E-state index < -0.39 is 290 Å². The molecule has 21 heterocycles. The predicted molar refractivity (Wildman–Crippen MR) is 332 cm³/mol. The van der Waals surface area contributed by atoms with Crippen molar-refractivity contribution in [1.82, 2.24) is 5.32 Å². The van der Waals surface area contributed by atoms with Gasteiger partial charge in [-0.05, 0) is 14.0 Å². The second kappa shape index (κ2) is 40.3. The molecule has 0 spiro atoms. The maximum absolute atomic E-state index is 13.0. The Labute approximate surface area is 595 Å². The van der Waals surface area contributed by atoms with Crippen molar-refractivity contribution in [3.8, 4) is 0 Å². The third-order valence-electron chi connectivity index (χ3n) is 18.7. The number of hydrogen-bond acceptors (Lipinski definition) is 43. The van der Waals surface area contributed by atoms with Crippen molar-refractivity contribution in [2.24, 2.45) is 5.92 Å². The Hall–Kier alpha value is -2.01. The molecule has 37 atom stereocenters. The first-order valence-corrected chi connectivity index (χ1v) is 35.7. The van der Waals surface area contributed by atoms with Gasteiger partial charge in [-0.2, -0.15) is 23.5 Å². The van der Waals surface area contributed by atoms with Crippen LogP contribution < -0.4 is 5.32 Å². The van der Waals surface area contributed by atoms with E-state index in [0.29, 0.717) is 0 Å². The fourth-order valence-corrected chi connectivity index (χ4v) is 15.1. The number of ether oxygens (including phenoxy) is 16. The third kappa shape index (κ3) is 21.2. The maximum Gasteiger partial charge on any atom is 0.307 e. The molecule has 0 saturated carbocycles. The van der Waals surface area contributed by atoms with Crippen LogP contribution in [-0.2, 0) is 90.2 Å². The van der Waals surface area contributed by atoms with Crippen LogP contribution in [0.4, 0.5) is 0 Å². The monoisotopic (exact) mass is 1540 g/mol. The second-order valence-electron chi connectivity index (χ2n) is 25.9. The number of ketones is 2. The molecule has 598 valence electrons. The summed E-state index contributed by atoms with van der Waals surface area (Å²) < 4.78 is 93.4. The maximum atomic E-state index is 13.0. The lowest BCUT2D eigenvalue weighted by Crippen LogP contribution is -2.68. The SMILES string of the molecule is CNC(CSCC1OC2O[C@H]3C(CO)OC(O[C@H]4C(CO)OC(O[C@H]5C(CO)O[C@@H](O[C@H]6C(CSCC(CC(=O)CCOCCOCCC(C)=O)C(=O)O)O[C@@H](O[C@H]7C(CO)O[C@@H](O[C@H]8C(CO)O[C@@H](O[C@@H]1[C@H](O)C2O)C(O)[C@H]8O)C(O)[C@H]7O)C(O)[C@H]6O)C(O)[C@H]5O)[C@H](O)[C@H]4O)[C@H](O)[C@H]3O)C(O)O. The molecular formula is C59H99NO41S2. The number of Topliss-reactive ketones (excluding diaryl/α,β-unsaturated/α-hetero) is 2. The van der Waals surface area contributed by atoms with Gasteiger partial charge < -0.3 is 193 Å². The van der Waals surface area contributed by atoms with Crippen molar-refractivity contribution < 1.29 is 203 Å². The summed E-state index contributed by atoms with van der Waals surface area (Å²) in [6.45, 7) is -3.87. The third-order valence-corrected chi connectivity index (χ3v) is 21.0. The van der Waals surface area contributed by atoms with Gasteiger partial charge in [0, 0.05) is 42.3 Å². The van der Waals surface area contributed by atoms with Crippen LogP contribution >= 0.6 is 23.5 Å². The van der Waals surface area contributed by atoms with E-state index in [1.807, 2.05) is 0 Å². The number of rotatable bonds is 27. The van der Waals surface area contributed by atoms with Crippen LogP contribution in [0.2, 0.25) is 0 Å². The lowest BCUT2D eigenvalue weighted by molar-refractivity contribution is -0.395. The van der Waals surface area contributed by atoms with Crippen molar-refractivity contribution >= 4 is 41.1 Å². The summed E-state index contributed by atoms with van der Waals surface area (Å²) in [6, 6.07) is -0.988. The summed E-state index contributed by atoms with van der Waals surface area (Å²) in [4.78, 5) is 36.8. The molecule has 21 aliphatic heterocycles. The van der Waals surface area contributed by atoms with E-state index in [4.69, 9.17) is 75.8 Å². The number of hydrogen-bond donors (Lipinski definition) is 23. The van der Waals surface area contributed by atoms with Gasteiger partial charge in [0.1, 0.15) is 170 Å². The zero-order valence-electron chi connectivity index (χ0n) is 55.7. The van der Waals surface area contributed by atoms with Crippen LogP contribution in [0.3, 0.4) is 0 Å². The second-order valence-corrected chi connectivity index (χ2v) is 28.0. The van der Waals surface area contributed by atoms with Crippen molar-refractivity contribution in [2.75, 3.05) is 89.5 Å². The zero-order valence-corrected chi connectivity index (χ0v) is 57.3. The molecular weight excluding hydrogens is 1440 g/mol. The summed E-state index contributed by atoms with van der Waals surface area (Å²) >= 11 is 1.72. The van der Waals surface area contributed by atoms with E-state index in [1.165, 1.54) is 14.0 Å². The molecule has 0 aliphatic carbocycles. The molecule has 23 N–H and O–H groups in total. The highest BCUT2D eigenvalue weighted by atomic mass is 32.2. The predicted octanol–water partition coefficient (Wildman–Crippen LogP) is -13.8. The van der Waals surface area contributed by atoms with Crippen LogP contribution in [0.15, 0.2) is 0 Å². The average molecular weight is 1540 g/mol. The number of carboxylic acids is 1. The first-order valence-electron chi connectivity index (χ1n) is 33.3. The topological polar surface area (TPSA) is 656 Å². The number of aliphatic hydroxyl groups excluding tert-OH is 20. The minimum absolute atomic E-state index is 0.0659. The van der Waals surface area contributed by atoms with Gasteiger partial charge in [0.2, 0.25) is 0 Å². The van der Waals surface area contributed by atoms with Gasteiger partial charge in [0.15, 0.2) is 50.3 Å². The summed E-state index contributed by atoms with van der Waals surface area (Å²) in [5.74, 6) is -4.65. The van der Waals surface area contributed by atoms with E-state index in [-0.39, 0.29) is 62.3 Å². The highest BCUT2D eigenvalue weighted by molar-refractivity contribution is 7.99. The number of carboxylic acid groups (broad SMARTS) is 1. The van der Waals surface area contributed by atoms with Crippen LogP contribution in [0.1, 0.15) is 26.2 Å². The first-order chi connectivity index (χ1) is 49.0. The summed E-state index contributed by atoms with van der Waals surface area (Å²) in [5, 5.41) is 250. The fourth-order valence-electron chi connectivity index (χ4n) is 12.7. The van der Waals surface area contributed by atoms with Gasteiger partial charge in [-0.1, -0.05) is 0 Å². The number of carbonyl (C=O) groups is 3. The molecule has 0 amide bonds. The molecule has 21 fully saturated rings. The number of nitrogens with one attached hydrogen (secondary N) is 1. The van der Waals surface area contributed by atoms with Gasteiger partial charge >= 0.3 is 5.97 Å². The quantitative estimate of drug-likeness (QED) is 0.0268. The number of aliphatic carboxylic acids is 1. The molecule has 42 nitrogen and oxygen atoms in total. The van der Waals surface area contributed by atoms with Crippen molar-refractivity contribution in [3.05, 3.63) is 0 Å². The molecule has 14 bridgehead atoms. The Morgan fingerprint density at radius 1 is 0.369 bits per heavy atom. The lowest BCUT2D eigenvalue weighted by atomic mass is 9.95. The molecule has 21 saturated heterocycles. The molecule has 0 aromatic carbocycles. The zero-order chi connectivity index (χ0) is 75.4. The largest absolute Gasteiger partial charge is 0.481 e.